The normalized spacial score (nSPS) is 16.4. The van der Waals surface area contributed by atoms with Gasteiger partial charge in [-0.05, 0) is 105 Å². The second kappa shape index (κ2) is 20.5. The van der Waals surface area contributed by atoms with Crippen LogP contribution in [0.15, 0.2) is 6.07 Å². The molecule has 0 radical (unpaired) electrons. The van der Waals surface area contributed by atoms with Gasteiger partial charge in [-0.15, -0.1) is 0 Å². The molecule has 0 aromatic heterocycles. The molecule has 0 bridgehead atoms. The van der Waals surface area contributed by atoms with Gasteiger partial charge in [0.2, 0.25) is 11.8 Å². The number of nitrogens with zero attached hydrogens (tertiary/aromatic N) is 1. The maximum atomic E-state index is 12.7. The van der Waals surface area contributed by atoms with Crippen LogP contribution in [0, 0.1) is 16.6 Å². The molecule has 1 saturated heterocycles. The Morgan fingerprint density at radius 1 is 0.925 bits per heavy atom. The number of benzene rings is 1. The Hall–Kier alpha value is -0.340. The molecule has 6 N–H and O–H groups in total. The Morgan fingerprint density at radius 3 is 2.15 bits per heavy atom. The van der Waals surface area contributed by atoms with Crippen LogP contribution < -0.4 is 26.6 Å². The maximum absolute atomic E-state index is 12.7. The van der Waals surface area contributed by atoms with Crippen molar-refractivity contribution in [1.29, 1.82) is 0 Å². The highest BCUT2D eigenvalue weighted by molar-refractivity contribution is 14.1. The second-order valence-corrected chi connectivity index (χ2v) is 13.3. The van der Waals surface area contributed by atoms with Gasteiger partial charge >= 0.3 is 5.97 Å². The zero-order valence-electron chi connectivity index (χ0n) is 23.2. The van der Waals surface area contributed by atoms with E-state index < -0.39 is 11.9 Å². The van der Waals surface area contributed by atoms with Gasteiger partial charge in [-0.1, -0.05) is 13.3 Å². The van der Waals surface area contributed by atoms with Crippen molar-refractivity contribution in [1.82, 2.24) is 26.2 Å². The molecule has 1 aromatic rings. The van der Waals surface area contributed by atoms with E-state index in [0.717, 1.165) is 93.6 Å². The predicted molar refractivity (Wildman–Crippen MR) is 185 cm³/mol. The SMILES string of the molecule is CCC(Cc1c(I)cc(I)c(NC(=O)CCCCCNC(=O)CN2CCNCCNCCNCC2)c1I)C(=O)O. The number of rotatable bonds is 13. The fourth-order valence-corrected chi connectivity index (χ4v) is 8.42. The monoisotopic (exact) mass is 896 g/mol. The van der Waals surface area contributed by atoms with Crippen LogP contribution in [0.4, 0.5) is 5.69 Å². The standard InChI is InChI=1S/C27H43I3N6O4/c1-2-19(27(39)40)16-20-21(28)17-22(29)26(25(20)30)35-23(37)6-4-3-5-7-34-24(38)18-36-14-12-32-10-8-31-9-11-33-13-15-36/h17,19,31-33H,2-16,18H2,1H3,(H,34,38)(H,35,37)(H,39,40). The third kappa shape index (κ3) is 13.8. The van der Waals surface area contributed by atoms with Gasteiger partial charge in [0.25, 0.3) is 0 Å². The summed E-state index contributed by atoms with van der Waals surface area (Å²) in [5.41, 5.74) is 1.73. The first kappa shape index (κ1) is 35.9. The molecular formula is C27H43I3N6O4. The fraction of sp³-hybridized carbons (Fsp3) is 0.667. The first-order chi connectivity index (χ1) is 19.2. The van der Waals surface area contributed by atoms with E-state index in [-0.39, 0.29) is 11.8 Å². The van der Waals surface area contributed by atoms with Crippen molar-refractivity contribution in [3.8, 4) is 0 Å². The predicted octanol–water partition coefficient (Wildman–Crippen LogP) is 2.85. The number of carbonyl (C=O) groups is 3. The third-order valence-corrected chi connectivity index (χ3v) is 9.76. The third-order valence-electron chi connectivity index (χ3n) is 6.76. The van der Waals surface area contributed by atoms with Gasteiger partial charge in [-0.2, -0.15) is 0 Å². The summed E-state index contributed by atoms with van der Waals surface area (Å²) >= 11 is 6.68. The first-order valence-electron chi connectivity index (χ1n) is 14.0. The quantitative estimate of drug-likeness (QED) is 0.132. The van der Waals surface area contributed by atoms with Crippen molar-refractivity contribution >= 4 is 91.2 Å². The first-order valence-corrected chi connectivity index (χ1v) is 17.3. The lowest BCUT2D eigenvalue weighted by atomic mass is 9.97. The van der Waals surface area contributed by atoms with Crippen LogP contribution in [0.3, 0.4) is 0 Å². The number of carbonyl (C=O) groups excluding carboxylic acids is 2. The van der Waals surface area contributed by atoms with Crippen molar-refractivity contribution in [3.63, 3.8) is 0 Å². The van der Waals surface area contributed by atoms with Gasteiger partial charge in [0.05, 0.1) is 18.2 Å². The number of carboxylic acid groups (broad SMARTS) is 1. The van der Waals surface area contributed by atoms with E-state index >= 15 is 0 Å². The number of anilines is 1. The molecule has 1 heterocycles. The number of halogens is 3. The summed E-state index contributed by atoms with van der Waals surface area (Å²) in [5, 5.41) is 25.8. The molecule has 1 aliphatic rings. The van der Waals surface area contributed by atoms with Gasteiger partial charge in [0.1, 0.15) is 0 Å². The van der Waals surface area contributed by atoms with Crippen LogP contribution in [0.1, 0.15) is 44.6 Å². The molecule has 0 saturated carbocycles. The van der Waals surface area contributed by atoms with Crippen molar-refractivity contribution in [3.05, 3.63) is 22.3 Å². The zero-order valence-corrected chi connectivity index (χ0v) is 29.7. The topological polar surface area (TPSA) is 135 Å². The summed E-state index contributed by atoms with van der Waals surface area (Å²) in [7, 11) is 0. The van der Waals surface area contributed by atoms with E-state index in [1.807, 2.05) is 13.0 Å². The average molecular weight is 896 g/mol. The van der Waals surface area contributed by atoms with Crippen LogP contribution in [-0.2, 0) is 20.8 Å². The Morgan fingerprint density at radius 2 is 1.55 bits per heavy atom. The number of aliphatic carboxylic acids is 1. The second-order valence-electron chi connectivity index (χ2n) is 9.89. The molecule has 1 unspecified atom stereocenters. The van der Waals surface area contributed by atoms with Gasteiger partial charge in [0, 0.05) is 76.0 Å². The Kier molecular flexibility index (Phi) is 18.4. The van der Waals surface area contributed by atoms with E-state index in [2.05, 4.69) is 99.3 Å². The molecule has 1 atom stereocenters. The number of nitrogens with one attached hydrogen (secondary N) is 5. The Balaban J connectivity index is 1.72. The van der Waals surface area contributed by atoms with Crippen molar-refractivity contribution < 1.29 is 19.5 Å². The Labute approximate surface area is 279 Å². The molecule has 1 aliphatic heterocycles. The fourth-order valence-electron chi connectivity index (χ4n) is 4.33. The van der Waals surface area contributed by atoms with Crippen LogP contribution in [0.5, 0.6) is 0 Å². The molecule has 2 amide bonds. The lowest BCUT2D eigenvalue weighted by molar-refractivity contribution is -0.141. The van der Waals surface area contributed by atoms with E-state index in [1.165, 1.54) is 0 Å². The van der Waals surface area contributed by atoms with Crippen LogP contribution >= 0.6 is 67.8 Å². The highest BCUT2D eigenvalue weighted by Gasteiger charge is 2.22. The summed E-state index contributed by atoms with van der Waals surface area (Å²) in [5.74, 6) is -1.25. The summed E-state index contributed by atoms with van der Waals surface area (Å²) in [4.78, 5) is 38.9. The number of unbranched alkanes of at least 4 members (excludes halogenated alkanes) is 2. The van der Waals surface area contributed by atoms with E-state index in [1.54, 1.807) is 0 Å². The minimum absolute atomic E-state index is 0.0402. The average Bonchev–Trinajstić information content (AvgIpc) is 2.90. The molecule has 0 aliphatic carbocycles. The van der Waals surface area contributed by atoms with E-state index in [9.17, 15) is 19.5 Å². The molecule has 0 spiro atoms. The summed E-state index contributed by atoms with van der Waals surface area (Å²) in [6, 6.07) is 1.99. The maximum Gasteiger partial charge on any atom is 0.306 e. The molecule has 40 heavy (non-hydrogen) atoms. The highest BCUT2D eigenvalue weighted by atomic mass is 127. The minimum atomic E-state index is -0.796. The highest BCUT2D eigenvalue weighted by Crippen LogP contribution is 2.33. The van der Waals surface area contributed by atoms with Crippen LogP contribution in [0.25, 0.3) is 0 Å². The number of hydrogen-bond donors (Lipinski definition) is 6. The minimum Gasteiger partial charge on any atom is -0.481 e. The lowest BCUT2D eigenvalue weighted by Crippen LogP contribution is -2.45. The number of amides is 2. The Bertz CT molecular complexity index is 957. The largest absolute Gasteiger partial charge is 0.481 e. The van der Waals surface area contributed by atoms with Gasteiger partial charge in [-0.25, -0.2) is 0 Å². The molecule has 13 heteroatoms. The molecule has 226 valence electrons. The molecule has 1 fully saturated rings. The summed E-state index contributed by atoms with van der Waals surface area (Å²) in [6.07, 6.45) is 3.81. The van der Waals surface area contributed by atoms with Gasteiger partial charge in [-0.3, -0.25) is 19.3 Å². The zero-order chi connectivity index (χ0) is 29.3. The van der Waals surface area contributed by atoms with Crippen molar-refractivity contribution in [2.75, 3.05) is 70.8 Å². The van der Waals surface area contributed by atoms with Crippen molar-refractivity contribution in [2.45, 2.75) is 45.4 Å². The smallest absolute Gasteiger partial charge is 0.306 e. The molecular weight excluding hydrogens is 853 g/mol. The molecule has 1 aromatic carbocycles. The molecule has 2 rings (SSSR count). The van der Waals surface area contributed by atoms with Crippen LogP contribution in [-0.4, -0.2) is 93.2 Å². The van der Waals surface area contributed by atoms with Crippen LogP contribution in [0.2, 0.25) is 0 Å². The van der Waals surface area contributed by atoms with Crippen molar-refractivity contribution in [2.24, 2.45) is 5.92 Å². The van der Waals surface area contributed by atoms with E-state index in [4.69, 9.17) is 0 Å². The van der Waals surface area contributed by atoms with E-state index in [0.29, 0.717) is 32.4 Å². The summed E-state index contributed by atoms with van der Waals surface area (Å²) in [6.45, 7) is 10.0. The van der Waals surface area contributed by atoms with Gasteiger partial charge in [0.15, 0.2) is 0 Å². The molecule has 10 nitrogen and oxygen atoms in total. The lowest BCUT2D eigenvalue weighted by Gasteiger charge is -2.23. The summed E-state index contributed by atoms with van der Waals surface area (Å²) < 4.78 is 2.86. The number of hydrogen-bond acceptors (Lipinski definition) is 7. The van der Waals surface area contributed by atoms with Gasteiger partial charge < -0.3 is 31.7 Å². The number of carboxylic acids is 1.